The van der Waals surface area contributed by atoms with Gasteiger partial charge in [-0.25, -0.2) is 4.79 Å². The van der Waals surface area contributed by atoms with E-state index >= 15 is 0 Å². The Morgan fingerprint density at radius 1 is 0.879 bits per heavy atom. The lowest BCUT2D eigenvalue weighted by Gasteiger charge is -2.25. The molecule has 0 aliphatic rings. The number of rotatable bonds is 10. The summed E-state index contributed by atoms with van der Waals surface area (Å²) in [5, 5.41) is 9.52. The van der Waals surface area contributed by atoms with Crippen LogP contribution in [-0.4, -0.2) is 42.7 Å². The number of halogens is 1. The van der Waals surface area contributed by atoms with Crippen molar-refractivity contribution in [3.05, 3.63) is 88.4 Å². The van der Waals surface area contributed by atoms with Gasteiger partial charge >= 0.3 is 5.97 Å². The van der Waals surface area contributed by atoms with Gasteiger partial charge < -0.3 is 24.2 Å². The van der Waals surface area contributed by atoms with Crippen LogP contribution in [0.25, 0.3) is 0 Å². The molecular weight excluding hydrogens is 446 g/mol. The third-order valence-corrected chi connectivity index (χ3v) is 5.25. The second kappa shape index (κ2) is 11.2. The summed E-state index contributed by atoms with van der Waals surface area (Å²) >= 11 is 6.13. The van der Waals surface area contributed by atoms with Gasteiger partial charge in [0.25, 0.3) is 5.91 Å². The summed E-state index contributed by atoms with van der Waals surface area (Å²) in [6.45, 7) is 0.159. The van der Waals surface area contributed by atoms with Gasteiger partial charge in [0, 0.05) is 18.7 Å². The number of aromatic carboxylic acids is 1. The predicted octanol–water partition coefficient (Wildman–Crippen LogP) is 4.66. The van der Waals surface area contributed by atoms with E-state index < -0.39 is 5.97 Å². The quantitative estimate of drug-likeness (QED) is 0.464. The molecule has 0 saturated heterocycles. The molecule has 3 aromatic carbocycles. The maximum Gasteiger partial charge on any atom is 0.339 e. The molecule has 1 N–H and O–H groups in total. The van der Waals surface area contributed by atoms with E-state index in [1.54, 1.807) is 25.2 Å². The minimum atomic E-state index is -1.19. The molecule has 7 nitrogen and oxygen atoms in total. The number of methoxy groups -OCH3 is 2. The number of hydrogen-bond acceptors (Lipinski definition) is 5. The van der Waals surface area contributed by atoms with Crippen LogP contribution in [0.1, 0.15) is 21.5 Å². The average molecular weight is 470 g/mol. The van der Waals surface area contributed by atoms with E-state index in [2.05, 4.69) is 0 Å². The molecular formula is C25H24ClNO6. The molecule has 0 saturated carbocycles. The summed E-state index contributed by atoms with van der Waals surface area (Å²) in [5.74, 6) is -0.493. The van der Waals surface area contributed by atoms with Crippen molar-refractivity contribution in [1.82, 2.24) is 4.90 Å². The highest BCUT2D eigenvalue weighted by molar-refractivity contribution is 6.32. The van der Waals surface area contributed by atoms with Gasteiger partial charge in [-0.1, -0.05) is 60.1 Å². The van der Waals surface area contributed by atoms with Gasteiger partial charge in [0.2, 0.25) is 0 Å². The average Bonchev–Trinajstić information content (AvgIpc) is 2.82. The van der Waals surface area contributed by atoms with Crippen LogP contribution in [-0.2, 0) is 17.9 Å². The second-order valence-electron chi connectivity index (χ2n) is 7.10. The summed E-state index contributed by atoms with van der Waals surface area (Å²) in [7, 11) is 3.09. The fraction of sp³-hybridized carbons (Fsp3) is 0.200. The monoisotopic (exact) mass is 469 g/mol. The van der Waals surface area contributed by atoms with E-state index in [1.165, 1.54) is 18.2 Å². The van der Waals surface area contributed by atoms with E-state index in [-0.39, 0.29) is 35.4 Å². The van der Waals surface area contributed by atoms with Crippen LogP contribution in [0.4, 0.5) is 0 Å². The van der Waals surface area contributed by atoms with E-state index in [4.69, 9.17) is 25.8 Å². The summed E-state index contributed by atoms with van der Waals surface area (Å²) in [6.07, 6.45) is 0. The van der Waals surface area contributed by atoms with Crippen molar-refractivity contribution < 1.29 is 28.9 Å². The molecule has 0 atom stereocenters. The van der Waals surface area contributed by atoms with Crippen LogP contribution in [0, 0.1) is 0 Å². The standard InChI is InChI=1S/C25H24ClNO6/c1-31-21-13-6-10-18(23(21)32-2)15-27(14-17-8-4-3-5-9-17)22(28)16-33-24-19(25(29)30)11-7-12-20(24)26/h3-13H,14-16H2,1-2H3,(H,29,30). The van der Waals surface area contributed by atoms with Crippen molar-refractivity contribution in [2.45, 2.75) is 13.1 Å². The summed E-state index contributed by atoms with van der Waals surface area (Å²) in [5.41, 5.74) is 1.57. The Labute approximate surface area is 197 Å². The molecule has 1 amide bonds. The summed E-state index contributed by atoms with van der Waals surface area (Å²) < 4.78 is 16.5. The van der Waals surface area contributed by atoms with E-state index in [0.717, 1.165) is 11.1 Å². The number of carbonyl (C=O) groups is 2. The highest BCUT2D eigenvalue weighted by atomic mass is 35.5. The number of nitrogens with zero attached hydrogens (tertiary/aromatic N) is 1. The normalized spacial score (nSPS) is 10.4. The number of carbonyl (C=O) groups excluding carboxylic acids is 1. The van der Waals surface area contributed by atoms with E-state index in [0.29, 0.717) is 18.0 Å². The second-order valence-corrected chi connectivity index (χ2v) is 7.51. The summed E-state index contributed by atoms with van der Waals surface area (Å²) in [4.78, 5) is 26.3. The highest BCUT2D eigenvalue weighted by Crippen LogP contribution is 2.32. The topological polar surface area (TPSA) is 85.3 Å². The van der Waals surface area contributed by atoms with Gasteiger partial charge in [-0.15, -0.1) is 0 Å². The minimum absolute atomic E-state index is 0.0429. The molecule has 0 spiro atoms. The molecule has 3 aromatic rings. The number of hydrogen-bond donors (Lipinski definition) is 1. The van der Waals surface area contributed by atoms with Crippen LogP contribution >= 0.6 is 11.6 Å². The molecule has 0 bridgehead atoms. The zero-order valence-corrected chi connectivity index (χ0v) is 19.0. The van der Waals surface area contributed by atoms with Gasteiger partial charge in [-0.2, -0.15) is 0 Å². The van der Waals surface area contributed by atoms with Crippen LogP contribution in [0.2, 0.25) is 5.02 Å². The number of amides is 1. The Kier molecular flexibility index (Phi) is 8.16. The fourth-order valence-electron chi connectivity index (χ4n) is 3.37. The Balaban J connectivity index is 1.86. The smallest absolute Gasteiger partial charge is 0.339 e. The first-order valence-corrected chi connectivity index (χ1v) is 10.5. The van der Waals surface area contributed by atoms with Crippen molar-refractivity contribution in [2.75, 3.05) is 20.8 Å². The number of para-hydroxylation sites is 2. The fourth-order valence-corrected chi connectivity index (χ4v) is 3.60. The Morgan fingerprint density at radius 2 is 1.61 bits per heavy atom. The van der Waals surface area contributed by atoms with Crippen molar-refractivity contribution in [3.8, 4) is 17.2 Å². The molecule has 0 radical (unpaired) electrons. The number of ether oxygens (including phenoxy) is 3. The van der Waals surface area contributed by atoms with Crippen molar-refractivity contribution in [1.29, 1.82) is 0 Å². The number of carboxylic acid groups (broad SMARTS) is 1. The Hall–Kier alpha value is -3.71. The van der Waals surface area contributed by atoms with Gasteiger partial charge in [-0.3, -0.25) is 4.79 Å². The zero-order chi connectivity index (χ0) is 23.8. The van der Waals surface area contributed by atoms with Crippen LogP contribution in [0.15, 0.2) is 66.7 Å². The number of carboxylic acids is 1. The maximum atomic E-state index is 13.2. The third-order valence-electron chi connectivity index (χ3n) is 4.95. The lowest BCUT2D eigenvalue weighted by atomic mass is 10.1. The summed E-state index contributed by atoms with van der Waals surface area (Å²) in [6, 6.07) is 19.4. The molecule has 0 unspecified atom stereocenters. The molecule has 3 rings (SSSR count). The van der Waals surface area contributed by atoms with Crippen molar-refractivity contribution in [2.24, 2.45) is 0 Å². The first kappa shape index (κ1) is 23.9. The Bertz CT molecular complexity index is 1120. The van der Waals surface area contributed by atoms with Gasteiger partial charge in [0.15, 0.2) is 23.9 Å². The van der Waals surface area contributed by atoms with Gasteiger partial charge in [-0.05, 0) is 23.8 Å². The Morgan fingerprint density at radius 3 is 2.27 bits per heavy atom. The molecule has 172 valence electrons. The first-order chi connectivity index (χ1) is 15.9. The SMILES string of the molecule is COc1cccc(CN(Cc2ccccc2)C(=O)COc2c(Cl)cccc2C(=O)O)c1OC. The highest BCUT2D eigenvalue weighted by Gasteiger charge is 2.21. The van der Waals surface area contributed by atoms with Gasteiger partial charge in [0.05, 0.1) is 19.2 Å². The lowest BCUT2D eigenvalue weighted by molar-refractivity contribution is -0.134. The molecule has 0 heterocycles. The van der Waals surface area contributed by atoms with Crippen LogP contribution < -0.4 is 14.2 Å². The number of benzene rings is 3. The largest absolute Gasteiger partial charge is 0.493 e. The predicted molar refractivity (Wildman–Crippen MR) is 124 cm³/mol. The third kappa shape index (κ3) is 5.96. The maximum absolute atomic E-state index is 13.2. The lowest BCUT2D eigenvalue weighted by Crippen LogP contribution is -2.34. The van der Waals surface area contributed by atoms with Crippen LogP contribution in [0.5, 0.6) is 17.2 Å². The van der Waals surface area contributed by atoms with Crippen LogP contribution in [0.3, 0.4) is 0 Å². The van der Waals surface area contributed by atoms with E-state index in [1.807, 2.05) is 42.5 Å². The van der Waals surface area contributed by atoms with E-state index in [9.17, 15) is 14.7 Å². The molecule has 33 heavy (non-hydrogen) atoms. The zero-order valence-electron chi connectivity index (χ0n) is 18.3. The van der Waals surface area contributed by atoms with Gasteiger partial charge in [0.1, 0.15) is 5.56 Å². The molecule has 0 aliphatic heterocycles. The van der Waals surface area contributed by atoms with Crippen molar-refractivity contribution >= 4 is 23.5 Å². The molecule has 0 aliphatic carbocycles. The molecule has 8 heteroatoms. The van der Waals surface area contributed by atoms with Crippen molar-refractivity contribution in [3.63, 3.8) is 0 Å². The minimum Gasteiger partial charge on any atom is -0.493 e. The molecule has 0 fully saturated rings. The molecule has 0 aromatic heterocycles. The first-order valence-electron chi connectivity index (χ1n) is 10.1.